The Balaban J connectivity index is 1.92. The average molecular weight is 350 g/mol. The lowest BCUT2D eigenvalue weighted by Gasteiger charge is -1.99. The van der Waals surface area contributed by atoms with Crippen LogP contribution in [0.2, 0.25) is 0 Å². The molecule has 5 N–H and O–H groups in total. The van der Waals surface area contributed by atoms with E-state index in [1.807, 2.05) is 60.2 Å². The second-order valence-electron chi connectivity index (χ2n) is 5.83. The number of amides is 1. The van der Waals surface area contributed by atoms with Gasteiger partial charge in [-0.05, 0) is 23.8 Å². The van der Waals surface area contributed by atoms with E-state index >= 15 is 0 Å². The molecule has 0 radical (unpaired) electrons. The van der Waals surface area contributed by atoms with Gasteiger partial charge in [-0.3, -0.25) is 4.79 Å². The van der Waals surface area contributed by atoms with Gasteiger partial charge in [0, 0.05) is 18.6 Å². The maximum atomic E-state index is 11.2. The van der Waals surface area contributed by atoms with Crippen LogP contribution in [0.25, 0.3) is 16.9 Å². The Morgan fingerprint density at radius 2 is 1.88 bits per heavy atom. The van der Waals surface area contributed by atoms with Gasteiger partial charge in [-0.1, -0.05) is 12.1 Å². The fourth-order valence-corrected chi connectivity index (χ4v) is 2.69. The van der Waals surface area contributed by atoms with Crippen molar-refractivity contribution in [3.05, 3.63) is 54.4 Å². The molecule has 132 valence electrons. The maximum Gasteiger partial charge on any atom is 0.286 e. The zero-order valence-corrected chi connectivity index (χ0v) is 14.5. The third-order valence-electron chi connectivity index (χ3n) is 3.83. The average Bonchev–Trinajstić information content (AvgIpc) is 2.91. The summed E-state index contributed by atoms with van der Waals surface area (Å²) in [7, 11) is 2.00. The largest absolute Gasteiger partial charge is 0.369 e. The highest BCUT2D eigenvalue weighted by Gasteiger charge is 2.16. The molecule has 2 heterocycles. The van der Waals surface area contributed by atoms with E-state index in [4.69, 9.17) is 11.5 Å². The summed E-state index contributed by atoms with van der Waals surface area (Å²) in [6, 6.07) is 11.7. The van der Waals surface area contributed by atoms with Gasteiger partial charge in [0.2, 0.25) is 11.9 Å². The van der Waals surface area contributed by atoms with Crippen LogP contribution in [0.5, 0.6) is 0 Å². The van der Waals surface area contributed by atoms with Gasteiger partial charge in [-0.2, -0.15) is 5.10 Å². The van der Waals surface area contributed by atoms with Crippen molar-refractivity contribution in [3.63, 3.8) is 0 Å². The Morgan fingerprint density at radius 3 is 2.54 bits per heavy atom. The lowest BCUT2D eigenvalue weighted by molar-refractivity contribution is -0.509. The van der Waals surface area contributed by atoms with E-state index in [1.165, 1.54) is 6.92 Å². The Hall–Kier alpha value is -3.68. The Bertz CT molecular complexity index is 1010. The van der Waals surface area contributed by atoms with Crippen LogP contribution in [0.4, 0.5) is 5.69 Å². The molecule has 0 atom stereocenters. The first-order valence-corrected chi connectivity index (χ1v) is 7.95. The molecule has 0 aliphatic carbocycles. The predicted octanol–water partition coefficient (Wildman–Crippen LogP) is 0.996. The zero-order chi connectivity index (χ0) is 18.7. The van der Waals surface area contributed by atoms with Gasteiger partial charge in [0.15, 0.2) is 5.69 Å². The third-order valence-corrected chi connectivity index (χ3v) is 3.83. The Morgan fingerprint density at radius 1 is 1.15 bits per heavy atom. The number of nitrogens with one attached hydrogen (secondary N) is 1. The molecular weight excluding hydrogens is 330 g/mol. The van der Waals surface area contributed by atoms with Gasteiger partial charge in [-0.15, -0.1) is 5.10 Å². The Labute approximate surface area is 150 Å². The van der Waals surface area contributed by atoms with Crippen molar-refractivity contribution in [2.75, 3.05) is 5.32 Å². The summed E-state index contributed by atoms with van der Waals surface area (Å²) in [5.41, 5.74) is 15.2. The number of hydrogen-bond acceptors (Lipinski definition) is 3. The number of guanidine groups is 1. The Kier molecular flexibility index (Phi) is 4.66. The van der Waals surface area contributed by atoms with Crippen LogP contribution >= 0.6 is 0 Å². The summed E-state index contributed by atoms with van der Waals surface area (Å²) in [6.45, 7) is 1.49. The van der Waals surface area contributed by atoms with E-state index in [2.05, 4.69) is 20.1 Å². The predicted molar refractivity (Wildman–Crippen MR) is 102 cm³/mol. The molecule has 0 fully saturated rings. The summed E-state index contributed by atoms with van der Waals surface area (Å²) in [4.78, 5) is 11.2. The molecule has 3 rings (SSSR count). The molecule has 0 spiro atoms. The van der Waals surface area contributed by atoms with Crippen LogP contribution in [0, 0.1) is 0 Å². The molecule has 0 aliphatic rings. The number of nitrogens with zero attached hydrogens (tertiary/aromatic N) is 4. The molecule has 0 aliphatic heterocycles. The summed E-state index contributed by atoms with van der Waals surface area (Å²) < 4.78 is 4.06. The van der Waals surface area contributed by atoms with Crippen LogP contribution in [-0.4, -0.2) is 22.6 Å². The SMILES string of the molecule is CC(=O)Nc1ccc2n(C)c(-c3ccc(/C=N/N=C(N)N)cc3)c[n+]2c1. The second kappa shape index (κ2) is 7.06. The monoisotopic (exact) mass is 350 g/mol. The van der Waals surface area contributed by atoms with Crippen LogP contribution < -0.4 is 21.2 Å². The molecule has 2 aromatic heterocycles. The van der Waals surface area contributed by atoms with Crippen molar-refractivity contribution < 1.29 is 9.20 Å². The highest BCUT2D eigenvalue weighted by atomic mass is 16.1. The van der Waals surface area contributed by atoms with Gasteiger partial charge in [0.05, 0.1) is 18.9 Å². The summed E-state index contributed by atoms with van der Waals surface area (Å²) in [5.74, 6) is -0.178. The number of aryl methyl sites for hydroxylation is 1. The van der Waals surface area contributed by atoms with Crippen molar-refractivity contribution in [2.24, 2.45) is 28.7 Å². The number of pyridine rings is 1. The lowest BCUT2D eigenvalue weighted by Crippen LogP contribution is -2.21. The first kappa shape index (κ1) is 17.2. The minimum absolute atomic E-state index is 0.0796. The quantitative estimate of drug-likeness (QED) is 0.282. The highest BCUT2D eigenvalue weighted by Crippen LogP contribution is 2.20. The second-order valence-corrected chi connectivity index (χ2v) is 5.83. The molecule has 0 saturated heterocycles. The van der Waals surface area contributed by atoms with Crippen molar-refractivity contribution >= 4 is 29.4 Å². The van der Waals surface area contributed by atoms with Gasteiger partial charge in [0.1, 0.15) is 12.4 Å². The fourth-order valence-electron chi connectivity index (χ4n) is 2.69. The molecule has 3 aromatic rings. The van der Waals surface area contributed by atoms with Gasteiger partial charge >= 0.3 is 0 Å². The van der Waals surface area contributed by atoms with Crippen LogP contribution in [0.3, 0.4) is 0 Å². The normalized spacial score (nSPS) is 11.0. The number of rotatable bonds is 4. The first-order chi connectivity index (χ1) is 12.4. The van der Waals surface area contributed by atoms with E-state index in [0.717, 1.165) is 28.2 Å². The van der Waals surface area contributed by atoms with E-state index in [0.29, 0.717) is 0 Å². The van der Waals surface area contributed by atoms with Crippen molar-refractivity contribution in [3.8, 4) is 11.3 Å². The molecule has 1 amide bonds. The molecule has 0 bridgehead atoms. The van der Waals surface area contributed by atoms with Gasteiger partial charge in [-0.25, -0.2) is 8.97 Å². The van der Waals surface area contributed by atoms with E-state index in [-0.39, 0.29) is 11.9 Å². The fraction of sp³-hybridized carbons (Fsp3) is 0.111. The van der Waals surface area contributed by atoms with Crippen LogP contribution in [0.1, 0.15) is 12.5 Å². The van der Waals surface area contributed by atoms with Crippen molar-refractivity contribution in [2.45, 2.75) is 6.92 Å². The standard InChI is InChI=1S/C18H19N7O/c1-12(26)22-15-7-8-17-24(2)16(11-25(17)10-15)14-5-3-13(4-6-14)9-21-23-18(19)20/h3-11H,1-2H3,(H4-,19,20,22,23,26)/p+1/b21-9+. The number of carbonyl (C=O) groups is 1. The highest BCUT2D eigenvalue weighted by molar-refractivity contribution is 5.88. The molecule has 0 unspecified atom stereocenters. The number of imidazole rings is 1. The number of fused-ring (bicyclic) bond motifs is 1. The molecular formula is C18H20N7O+. The summed E-state index contributed by atoms with van der Waals surface area (Å²) in [6.07, 6.45) is 5.49. The number of aromatic nitrogens is 2. The molecule has 8 nitrogen and oxygen atoms in total. The molecule has 0 saturated carbocycles. The molecule has 26 heavy (non-hydrogen) atoms. The van der Waals surface area contributed by atoms with Crippen LogP contribution in [-0.2, 0) is 11.8 Å². The third kappa shape index (κ3) is 3.69. The number of hydrogen-bond donors (Lipinski definition) is 3. The molecule has 1 aromatic carbocycles. The first-order valence-electron chi connectivity index (χ1n) is 7.95. The smallest absolute Gasteiger partial charge is 0.286 e. The van der Waals surface area contributed by atoms with Gasteiger partial charge in [0.25, 0.3) is 5.65 Å². The summed E-state index contributed by atoms with van der Waals surface area (Å²) >= 11 is 0. The number of nitrogens with two attached hydrogens (primary N) is 2. The molecule has 8 heteroatoms. The zero-order valence-electron chi connectivity index (χ0n) is 14.5. The van der Waals surface area contributed by atoms with E-state index < -0.39 is 0 Å². The topological polar surface area (TPSA) is 115 Å². The lowest BCUT2D eigenvalue weighted by atomic mass is 10.1. The van der Waals surface area contributed by atoms with Crippen molar-refractivity contribution in [1.29, 1.82) is 0 Å². The van der Waals surface area contributed by atoms with E-state index in [9.17, 15) is 4.79 Å². The maximum absolute atomic E-state index is 11.2. The minimum Gasteiger partial charge on any atom is -0.369 e. The summed E-state index contributed by atoms with van der Waals surface area (Å²) in [5, 5.41) is 10.2. The number of benzene rings is 1. The van der Waals surface area contributed by atoms with E-state index in [1.54, 1.807) is 6.21 Å². The minimum atomic E-state index is -0.0981. The van der Waals surface area contributed by atoms with Gasteiger partial charge < -0.3 is 16.8 Å². The van der Waals surface area contributed by atoms with Crippen molar-refractivity contribution in [1.82, 2.24) is 4.57 Å². The number of anilines is 1. The number of carbonyl (C=O) groups excluding carboxylic acids is 1. The van der Waals surface area contributed by atoms with Crippen LogP contribution in [0.15, 0.2) is 59.0 Å².